The minimum atomic E-state index is -1.13. The van der Waals surface area contributed by atoms with Gasteiger partial charge in [-0.25, -0.2) is 4.79 Å². The van der Waals surface area contributed by atoms with Gasteiger partial charge in [-0.3, -0.25) is 4.79 Å². The van der Waals surface area contributed by atoms with Crippen LogP contribution in [0, 0.1) is 0 Å². The van der Waals surface area contributed by atoms with Crippen molar-refractivity contribution in [2.45, 2.75) is 6.42 Å². The lowest BCUT2D eigenvalue weighted by molar-refractivity contribution is 0.0696. The molecule has 0 spiro atoms. The zero-order chi connectivity index (χ0) is 13.4. The fourth-order valence-corrected chi connectivity index (χ4v) is 1.16. The molecule has 1 aromatic heterocycles. The summed E-state index contributed by atoms with van der Waals surface area (Å²) in [6.45, 7) is 4.83. The lowest BCUT2D eigenvalue weighted by atomic mass is 10.3. The number of nitrogens with one attached hydrogen (secondary N) is 1. The van der Waals surface area contributed by atoms with Gasteiger partial charge in [0.1, 0.15) is 6.26 Å². The topological polar surface area (TPSA) is 88.8 Å². The van der Waals surface area contributed by atoms with E-state index in [0.29, 0.717) is 19.8 Å². The molecule has 0 fully saturated rings. The molecule has 0 aliphatic rings. The van der Waals surface area contributed by atoms with E-state index in [-0.39, 0.29) is 11.3 Å². The van der Waals surface area contributed by atoms with E-state index in [1.54, 1.807) is 6.08 Å². The van der Waals surface area contributed by atoms with Crippen molar-refractivity contribution in [1.82, 2.24) is 5.32 Å². The molecule has 0 saturated carbocycles. The summed E-state index contributed by atoms with van der Waals surface area (Å²) in [7, 11) is 0. The number of carbonyl (C=O) groups excluding carboxylic acids is 1. The standard InChI is InChI=1S/C12H15NO5/c1-2-3-5-17-6-4-13-11(14)10-7-9(8-18-10)12(15)16/h2,7-8H,1,3-6H2,(H,13,14)(H,15,16). The van der Waals surface area contributed by atoms with Crippen molar-refractivity contribution in [1.29, 1.82) is 0 Å². The Labute approximate surface area is 104 Å². The maximum absolute atomic E-state index is 11.5. The van der Waals surface area contributed by atoms with E-state index in [0.717, 1.165) is 12.7 Å². The summed E-state index contributed by atoms with van der Waals surface area (Å²) in [6, 6.07) is 1.18. The molecule has 0 aliphatic heterocycles. The molecule has 0 unspecified atom stereocenters. The Hall–Kier alpha value is -2.08. The van der Waals surface area contributed by atoms with Crippen molar-refractivity contribution >= 4 is 11.9 Å². The summed E-state index contributed by atoms with van der Waals surface area (Å²) in [5, 5.41) is 11.2. The third-order valence-corrected chi connectivity index (χ3v) is 2.07. The number of hydrogen-bond donors (Lipinski definition) is 2. The SMILES string of the molecule is C=CCCOCCNC(=O)c1cc(C(=O)O)co1. The molecule has 6 nitrogen and oxygen atoms in total. The highest BCUT2D eigenvalue weighted by Crippen LogP contribution is 2.07. The number of rotatable bonds is 8. The van der Waals surface area contributed by atoms with Crippen LogP contribution in [0.4, 0.5) is 0 Å². The van der Waals surface area contributed by atoms with Crippen LogP contribution < -0.4 is 5.32 Å². The van der Waals surface area contributed by atoms with Gasteiger partial charge in [0.15, 0.2) is 5.76 Å². The van der Waals surface area contributed by atoms with Crippen LogP contribution in [-0.2, 0) is 4.74 Å². The molecule has 1 amide bonds. The van der Waals surface area contributed by atoms with Crippen molar-refractivity contribution in [2.75, 3.05) is 19.8 Å². The number of furan rings is 1. The molecule has 0 aliphatic carbocycles. The predicted molar refractivity (Wildman–Crippen MR) is 63.6 cm³/mol. The van der Waals surface area contributed by atoms with Crippen LogP contribution in [0.5, 0.6) is 0 Å². The number of hydrogen-bond acceptors (Lipinski definition) is 4. The van der Waals surface area contributed by atoms with Crippen LogP contribution in [-0.4, -0.2) is 36.7 Å². The van der Waals surface area contributed by atoms with Crippen molar-refractivity contribution in [3.8, 4) is 0 Å². The second-order valence-electron chi connectivity index (χ2n) is 3.45. The van der Waals surface area contributed by atoms with E-state index < -0.39 is 11.9 Å². The van der Waals surface area contributed by atoms with Gasteiger partial charge in [-0.1, -0.05) is 6.08 Å². The number of carboxylic acids is 1. The van der Waals surface area contributed by atoms with Crippen LogP contribution in [0.2, 0.25) is 0 Å². The predicted octanol–water partition coefficient (Wildman–Crippen LogP) is 1.30. The highest BCUT2D eigenvalue weighted by atomic mass is 16.5. The van der Waals surface area contributed by atoms with Gasteiger partial charge in [0.25, 0.3) is 5.91 Å². The fourth-order valence-electron chi connectivity index (χ4n) is 1.16. The maximum Gasteiger partial charge on any atom is 0.338 e. The van der Waals surface area contributed by atoms with Gasteiger partial charge in [0.05, 0.1) is 18.8 Å². The number of carboxylic acid groups (broad SMARTS) is 1. The molecule has 6 heteroatoms. The molecule has 1 rings (SSSR count). The summed E-state index contributed by atoms with van der Waals surface area (Å²) in [6.07, 6.45) is 3.53. The second-order valence-corrected chi connectivity index (χ2v) is 3.45. The van der Waals surface area contributed by atoms with E-state index >= 15 is 0 Å². The zero-order valence-electron chi connectivity index (χ0n) is 9.85. The number of ether oxygens (including phenoxy) is 1. The Balaban J connectivity index is 2.27. The van der Waals surface area contributed by atoms with E-state index in [1.165, 1.54) is 6.07 Å². The van der Waals surface area contributed by atoms with Gasteiger partial charge >= 0.3 is 5.97 Å². The van der Waals surface area contributed by atoms with Crippen molar-refractivity contribution < 1.29 is 23.8 Å². The molecule has 98 valence electrons. The normalized spacial score (nSPS) is 10.0. The minimum absolute atomic E-state index is 0.0292. The Bertz CT molecular complexity index is 424. The first-order chi connectivity index (χ1) is 8.65. The Morgan fingerprint density at radius 1 is 1.50 bits per heavy atom. The van der Waals surface area contributed by atoms with Crippen LogP contribution >= 0.6 is 0 Å². The average molecular weight is 253 g/mol. The summed E-state index contributed by atoms with van der Waals surface area (Å²) in [5.74, 6) is -1.63. The first-order valence-corrected chi connectivity index (χ1v) is 5.44. The van der Waals surface area contributed by atoms with E-state index in [4.69, 9.17) is 14.3 Å². The third kappa shape index (κ3) is 4.42. The molecule has 0 atom stereocenters. The molecular weight excluding hydrogens is 238 g/mol. The Morgan fingerprint density at radius 2 is 2.28 bits per heavy atom. The molecule has 0 bridgehead atoms. The smallest absolute Gasteiger partial charge is 0.338 e. The lowest BCUT2D eigenvalue weighted by Crippen LogP contribution is -2.27. The van der Waals surface area contributed by atoms with Crippen LogP contribution in [0.1, 0.15) is 27.3 Å². The van der Waals surface area contributed by atoms with Gasteiger partial charge in [-0.05, 0) is 6.42 Å². The number of carbonyl (C=O) groups is 2. The number of aromatic carboxylic acids is 1. The van der Waals surface area contributed by atoms with Crippen LogP contribution in [0.15, 0.2) is 29.4 Å². The summed E-state index contributed by atoms with van der Waals surface area (Å²) >= 11 is 0. The summed E-state index contributed by atoms with van der Waals surface area (Å²) < 4.78 is 10.0. The van der Waals surface area contributed by atoms with Gasteiger partial charge in [0.2, 0.25) is 0 Å². The molecule has 0 saturated heterocycles. The molecule has 2 N–H and O–H groups in total. The minimum Gasteiger partial charge on any atom is -0.478 e. The fraction of sp³-hybridized carbons (Fsp3) is 0.333. The summed E-state index contributed by atoms with van der Waals surface area (Å²) in [4.78, 5) is 22.1. The molecule has 0 radical (unpaired) electrons. The third-order valence-electron chi connectivity index (χ3n) is 2.07. The molecule has 18 heavy (non-hydrogen) atoms. The quantitative estimate of drug-likeness (QED) is 0.538. The summed E-state index contributed by atoms with van der Waals surface area (Å²) in [5.41, 5.74) is -0.0533. The van der Waals surface area contributed by atoms with Crippen LogP contribution in [0.25, 0.3) is 0 Å². The average Bonchev–Trinajstić information content (AvgIpc) is 2.83. The van der Waals surface area contributed by atoms with Crippen LogP contribution in [0.3, 0.4) is 0 Å². The zero-order valence-corrected chi connectivity index (χ0v) is 9.85. The van der Waals surface area contributed by atoms with Crippen molar-refractivity contribution in [3.63, 3.8) is 0 Å². The maximum atomic E-state index is 11.5. The second kappa shape index (κ2) is 7.29. The van der Waals surface area contributed by atoms with Crippen molar-refractivity contribution in [3.05, 3.63) is 36.3 Å². The van der Waals surface area contributed by atoms with Gasteiger partial charge in [0, 0.05) is 12.6 Å². The number of amides is 1. The van der Waals surface area contributed by atoms with Gasteiger partial charge < -0.3 is 19.6 Å². The highest BCUT2D eigenvalue weighted by Gasteiger charge is 2.13. The Kier molecular flexibility index (Phi) is 5.66. The lowest BCUT2D eigenvalue weighted by Gasteiger charge is -2.03. The van der Waals surface area contributed by atoms with E-state index in [2.05, 4.69) is 11.9 Å². The molecule has 0 aromatic carbocycles. The Morgan fingerprint density at radius 3 is 2.89 bits per heavy atom. The molecule has 1 heterocycles. The monoisotopic (exact) mass is 253 g/mol. The van der Waals surface area contributed by atoms with E-state index in [1.807, 2.05) is 0 Å². The van der Waals surface area contributed by atoms with E-state index in [9.17, 15) is 9.59 Å². The largest absolute Gasteiger partial charge is 0.478 e. The first kappa shape index (κ1) is 14.0. The molecular formula is C12H15NO5. The van der Waals surface area contributed by atoms with Crippen molar-refractivity contribution in [2.24, 2.45) is 0 Å². The molecule has 1 aromatic rings. The highest BCUT2D eigenvalue weighted by molar-refractivity contribution is 5.95. The first-order valence-electron chi connectivity index (χ1n) is 5.44. The van der Waals surface area contributed by atoms with Gasteiger partial charge in [-0.15, -0.1) is 6.58 Å². The van der Waals surface area contributed by atoms with Gasteiger partial charge in [-0.2, -0.15) is 0 Å².